The van der Waals surface area contributed by atoms with Gasteiger partial charge in [-0.3, -0.25) is 19.4 Å². The third-order valence-corrected chi connectivity index (χ3v) is 6.82. The minimum absolute atomic E-state index is 0.138. The fourth-order valence-corrected chi connectivity index (χ4v) is 4.84. The number of piperidine rings is 1. The smallest absolute Gasteiger partial charge is 0.275 e. The van der Waals surface area contributed by atoms with Gasteiger partial charge in [-0.1, -0.05) is 13.3 Å². The van der Waals surface area contributed by atoms with Crippen LogP contribution in [0.2, 0.25) is 0 Å². The Morgan fingerprint density at radius 2 is 1.85 bits per heavy atom. The number of hydrogen-bond acceptors (Lipinski definition) is 7. The first-order valence-electron chi connectivity index (χ1n) is 12.6. The standard InChI is InChI=1S/C24H41N5O4/c1-4-8-20(30)16-26-11-13-27(14-12-26)17-22-25-21(18-33-22)24(32)29-10-7-9-19(15-29)23(31)28(5-2)6-3/h18-20,30H,4-17H2,1-3H3/t19-,20+/m0/s1. The topological polar surface area (TPSA) is 93.4 Å². The van der Waals surface area contributed by atoms with Crippen LogP contribution >= 0.6 is 0 Å². The molecule has 0 aromatic carbocycles. The van der Waals surface area contributed by atoms with Crippen molar-refractivity contribution in [3.63, 3.8) is 0 Å². The van der Waals surface area contributed by atoms with E-state index in [9.17, 15) is 14.7 Å². The van der Waals surface area contributed by atoms with Crippen LogP contribution in [-0.4, -0.2) is 107 Å². The summed E-state index contributed by atoms with van der Waals surface area (Å²) in [5, 5.41) is 10.0. The van der Waals surface area contributed by atoms with Crippen LogP contribution in [0, 0.1) is 5.92 Å². The largest absolute Gasteiger partial charge is 0.447 e. The first-order chi connectivity index (χ1) is 15.9. The van der Waals surface area contributed by atoms with Gasteiger partial charge in [0.25, 0.3) is 5.91 Å². The molecule has 33 heavy (non-hydrogen) atoms. The van der Waals surface area contributed by atoms with Crippen molar-refractivity contribution in [3.8, 4) is 0 Å². The first kappa shape index (κ1) is 25.6. The number of aromatic nitrogens is 1. The number of carbonyl (C=O) groups is 2. The molecule has 2 saturated heterocycles. The van der Waals surface area contributed by atoms with E-state index in [0.29, 0.717) is 44.3 Å². The molecule has 2 fully saturated rings. The molecule has 9 heteroatoms. The second-order valence-corrected chi connectivity index (χ2v) is 9.25. The lowest BCUT2D eigenvalue weighted by Gasteiger charge is -2.35. The van der Waals surface area contributed by atoms with E-state index in [-0.39, 0.29) is 23.8 Å². The van der Waals surface area contributed by atoms with Crippen molar-refractivity contribution < 1.29 is 19.1 Å². The number of aliphatic hydroxyl groups excluding tert-OH is 1. The summed E-state index contributed by atoms with van der Waals surface area (Å²) in [6.45, 7) is 13.4. The zero-order valence-electron chi connectivity index (χ0n) is 20.5. The van der Waals surface area contributed by atoms with Gasteiger partial charge in [-0.05, 0) is 33.1 Å². The molecule has 186 valence electrons. The van der Waals surface area contributed by atoms with E-state index in [1.54, 1.807) is 4.90 Å². The molecule has 2 aliphatic rings. The molecule has 0 saturated carbocycles. The van der Waals surface area contributed by atoms with Gasteiger partial charge >= 0.3 is 0 Å². The van der Waals surface area contributed by atoms with Crippen LogP contribution in [0.5, 0.6) is 0 Å². The summed E-state index contributed by atoms with van der Waals surface area (Å²) in [6.07, 6.45) is 4.69. The number of hydrogen-bond donors (Lipinski definition) is 1. The molecule has 2 aliphatic heterocycles. The maximum Gasteiger partial charge on any atom is 0.275 e. The van der Waals surface area contributed by atoms with E-state index in [2.05, 4.69) is 21.7 Å². The van der Waals surface area contributed by atoms with Crippen LogP contribution in [0.3, 0.4) is 0 Å². The molecule has 0 aliphatic carbocycles. The van der Waals surface area contributed by atoms with Crippen molar-refractivity contribution in [2.24, 2.45) is 5.92 Å². The Morgan fingerprint density at radius 3 is 2.52 bits per heavy atom. The van der Waals surface area contributed by atoms with Crippen molar-refractivity contribution in [1.29, 1.82) is 0 Å². The normalized spacial score (nSPS) is 21.2. The first-order valence-corrected chi connectivity index (χ1v) is 12.6. The summed E-state index contributed by atoms with van der Waals surface area (Å²) in [4.78, 5) is 38.4. The number of piperazine rings is 1. The van der Waals surface area contributed by atoms with Gasteiger partial charge in [0, 0.05) is 58.9 Å². The molecule has 1 aromatic heterocycles. The molecule has 2 atom stereocenters. The van der Waals surface area contributed by atoms with E-state index in [1.807, 2.05) is 18.7 Å². The summed E-state index contributed by atoms with van der Waals surface area (Å²) >= 11 is 0. The molecular weight excluding hydrogens is 422 g/mol. The van der Waals surface area contributed by atoms with Crippen molar-refractivity contribution in [2.45, 2.75) is 59.1 Å². The molecular formula is C24H41N5O4. The molecule has 1 N–H and O–H groups in total. The average molecular weight is 464 g/mol. The van der Waals surface area contributed by atoms with Crippen molar-refractivity contribution in [3.05, 3.63) is 17.8 Å². The highest BCUT2D eigenvalue weighted by Crippen LogP contribution is 2.21. The lowest BCUT2D eigenvalue weighted by atomic mass is 9.96. The molecule has 9 nitrogen and oxygen atoms in total. The summed E-state index contributed by atoms with van der Waals surface area (Å²) in [7, 11) is 0. The lowest BCUT2D eigenvalue weighted by molar-refractivity contribution is -0.136. The Balaban J connectivity index is 1.49. The van der Waals surface area contributed by atoms with Crippen LogP contribution in [-0.2, 0) is 11.3 Å². The maximum absolute atomic E-state index is 13.0. The molecule has 0 bridgehead atoms. The Hall–Kier alpha value is -1.97. The number of carbonyl (C=O) groups excluding carboxylic acids is 2. The minimum atomic E-state index is -0.251. The maximum atomic E-state index is 13.0. The van der Waals surface area contributed by atoms with E-state index in [0.717, 1.165) is 58.4 Å². The number of nitrogens with zero attached hydrogens (tertiary/aromatic N) is 5. The van der Waals surface area contributed by atoms with Crippen molar-refractivity contribution in [1.82, 2.24) is 24.6 Å². The van der Waals surface area contributed by atoms with Gasteiger partial charge in [0.05, 0.1) is 18.6 Å². The van der Waals surface area contributed by atoms with Crippen LogP contribution in [0.1, 0.15) is 62.8 Å². The number of likely N-dealkylation sites (tertiary alicyclic amines) is 1. The zero-order chi connectivity index (χ0) is 23.8. The Kier molecular flexibility index (Phi) is 9.70. The Morgan fingerprint density at radius 1 is 1.15 bits per heavy atom. The summed E-state index contributed by atoms with van der Waals surface area (Å²) in [5.41, 5.74) is 0.322. The van der Waals surface area contributed by atoms with Crippen LogP contribution < -0.4 is 0 Å². The molecule has 0 spiro atoms. The fraction of sp³-hybridized carbons (Fsp3) is 0.792. The molecule has 0 radical (unpaired) electrons. The molecule has 3 heterocycles. The molecule has 1 aromatic rings. The van der Waals surface area contributed by atoms with Gasteiger partial charge in [-0.2, -0.15) is 0 Å². The van der Waals surface area contributed by atoms with Gasteiger partial charge in [0.15, 0.2) is 5.69 Å². The Labute approximate surface area is 197 Å². The van der Waals surface area contributed by atoms with E-state index >= 15 is 0 Å². The molecule has 2 amide bonds. The van der Waals surface area contributed by atoms with Crippen LogP contribution in [0.25, 0.3) is 0 Å². The highest BCUT2D eigenvalue weighted by Gasteiger charge is 2.32. The third-order valence-electron chi connectivity index (χ3n) is 6.82. The van der Waals surface area contributed by atoms with E-state index < -0.39 is 0 Å². The quantitative estimate of drug-likeness (QED) is 0.564. The average Bonchev–Trinajstić information content (AvgIpc) is 3.29. The van der Waals surface area contributed by atoms with Crippen molar-refractivity contribution in [2.75, 3.05) is 58.9 Å². The second-order valence-electron chi connectivity index (χ2n) is 9.25. The second kappa shape index (κ2) is 12.5. The van der Waals surface area contributed by atoms with Gasteiger partial charge in [-0.25, -0.2) is 4.98 Å². The van der Waals surface area contributed by atoms with Crippen LogP contribution in [0.4, 0.5) is 0 Å². The van der Waals surface area contributed by atoms with Crippen LogP contribution in [0.15, 0.2) is 10.7 Å². The number of rotatable bonds is 10. The molecule has 0 unspecified atom stereocenters. The van der Waals surface area contributed by atoms with Gasteiger partial charge in [0.1, 0.15) is 6.26 Å². The van der Waals surface area contributed by atoms with Gasteiger partial charge < -0.3 is 19.3 Å². The predicted octanol–water partition coefficient (Wildman–Crippen LogP) is 1.67. The third kappa shape index (κ3) is 7.01. The number of aliphatic hydroxyl groups is 1. The molecule has 3 rings (SSSR count). The van der Waals surface area contributed by atoms with Crippen molar-refractivity contribution >= 4 is 11.8 Å². The SMILES string of the molecule is CCC[C@@H](O)CN1CCN(Cc2nc(C(=O)N3CCC[C@H](C(=O)N(CC)CC)C3)co2)CC1. The van der Waals surface area contributed by atoms with E-state index in [4.69, 9.17) is 4.42 Å². The summed E-state index contributed by atoms with van der Waals surface area (Å²) in [6, 6.07) is 0. The lowest BCUT2D eigenvalue weighted by Crippen LogP contribution is -2.48. The Bertz CT molecular complexity index is 758. The summed E-state index contributed by atoms with van der Waals surface area (Å²) in [5.74, 6) is 0.392. The van der Waals surface area contributed by atoms with Gasteiger partial charge in [-0.15, -0.1) is 0 Å². The zero-order valence-corrected chi connectivity index (χ0v) is 20.5. The van der Waals surface area contributed by atoms with Gasteiger partial charge in [0.2, 0.25) is 11.8 Å². The number of amides is 2. The minimum Gasteiger partial charge on any atom is -0.447 e. The highest BCUT2D eigenvalue weighted by atomic mass is 16.3. The number of oxazole rings is 1. The monoisotopic (exact) mass is 463 g/mol. The number of β-amino-alcohol motifs (C(OH)–C–C–N with tert-alkyl or cyclic N) is 1. The highest BCUT2D eigenvalue weighted by molar-refractivity contribution is 5.92. The van der Waals surface area contributed by atoms with E-state index in [1.165, 1.54) is 6.26 Å². The predicted molar refractivity (Wildman–Crippen MR) is 126 cm³/mol. The fourth-order valence-electron chi connectivity index (χ4n) is 4.84. The summed E-state index contributed by atoms with van der Waals surface area (Å²) < 4.78 is 5.62.